The van der Waals surface area contributed by atoms with E-state index < -0.39 is 0 Å². The normalized spacial score (nSPS) is 24.9. The molecular formula is C12H23NO. The van der Waals surface area contributed by atoms with E-state index in [1.807, 2.05) is 0 Å². The first-order valence-electron chi connectivity index (χ1n) is 6.30. The van der Waals surface area contributed by atoms with Crippen LogP contribution in [0.4, 0.5) is 0 Å². The van der Waals surface area contributed by atoms with Crippen LogP contribution in [0.1, 0.15) is 51.4 Å². The molecule has 0 amide bonds. The molecule has 0 bridgehead atoms. The fourth-order valence-corrected chi connectivity index (χ4v) is 2.33. The molecule has 82 valence electrons. The Morgan fingerprint density at radius 3 is 2.36 bits per heavy atom. The molecule has 1 N–H and O–H groups in total. The minimum absolute atomic E-state index is 0.600. The highest BCUT2D eigenvalue weighted by molar-refractivity contribution is 4.72. The molecule has 2 heteroatoms. The third-order valence-corrected chi connectivity index (χ3v) is 3.55. The summed E-state index contributed by atoms with van der Waals surface area (Å²) in [5.41, 5.74) is 0. The lowest BCUT2D eigenvalue weighted by atomic mass is 9.95. The molecule has 0 heterocycles. The molecule has 2 rings (SSSR count). The molecule has 0 spiro atoms. The second-order valence-electron chi connectivity index (χ2n) is 4.71. The summed E-state index contributed by atoms with van der Waals surface area (Å²) in [4.78, 5) is 0. The predicted octanol–water partition coefficient (Wildman–Crippen LogP) is 2.48. The smallest absolute Gasteiger partial charge is 0.0594 e. The third kappa shape index (κ3) is 3.25. The molecule has 0 radical (unpaired) electrons. The highest BCUT2D eigenvalue weighted by atomic mass is 16.5. The van der Waals surface area contributed by atoms with Gasteiger partial charge in [0.05, 0.1) is 12.7 Å². The van der Waals surface area contributed by atoms with E-state index in [0.717, 1.165) is 19.2 Å². The molecule has 14 heavy (non-hydrogen) atoms. The molecular weight excluding hydrogens is 174 g/mol. The van der Waals surface area contributed by atoms with E-state index in [0.29, 0.717) is 6.10 Å². The maximum absolute atomic E-state index is 5.71. The fourth-order valence-electron chi connectivity index (χ4n) is 2.33. The largest absolute Gasteiger partial charge is 0.377 e. The summed E-state index contributed by atoms with van der Waals surface area (Å²) in [5.74, 6) is 0. The second-order valence-corrected chi connectivity index (χ2v) is 4.71. The quantitative estimate of drug-likeness (QED) is 0.684. The van der Waals surface area contributed by atoms with Gasteiger partial charge in [-0.3, -0.25) is 0 Å². The van der Waals surface area contributed by atoms with Crippen molar-refractivity contribution in [1.29, 1.82) is 0 Å². The zero-order valence-corrected chi connectivity index (χ0v) is 9.13. The van der Waals surface area contributed by atoms with Crippen LogP contribution in [0.5, 0.6) is 0 Å². The van der Waals surface area contributed by atoms with Gasteiger partial charge in [0.15, 0.2) is 0 Å². The van der Waals surface area contributed by atoms with Crippen LogP contribution < -0.4 is 5.32 Å². The van der Waals surface area contributed by atoms with Crippen molar-refractivity contribution in [3.05, 3.63) is 0 Å². The van der Waals surface area contributed by atoms with Crippen molar-refractivity contribution in [2.75, 3.05) is 13.2 Å². The Morgan fingerprint density at radius 2 is 1.71 bits per heavy atom. The summed E-state index contributed by atoms with van der Waals surface area (Å²) < 4.78 is 5.71. The minimum atomic E-state index is 0.600. The van der Waals surface area contributed by atoms with Crippen LogP contribution in [-0.4, -0.2) is 25.3 Å². The van der Waals surface area contributed by atoms with Gasteiger partial charge in [0.2, 0.25) is 0 Å². The second kappa shape index (κ2) is 5.72. The first-order chi connectivity index (χ1) is 6.95. The molecule has 0 aromatic rings. The summed E-state index contributed by atoms with van der Waals surface area (Å²) in [7, 11) is 0. The Hall–Kier alpha value is -0.0800. The molecule has 0 atom stereocenters. The molecule has 2 saturated carbocycles. The van der Waals surface area contributed by atoms with E-state index >= 15 is 0 Å². The molecule has 0 aromatic carbocycles. The number of hydrogen-bond donors (Lipinski definition) is 1. The Labute approximate surface area is 87.4 Å². The summed E-state index contributed by atoms with van der Waals surface area (Å²) >= 11 is 0. The monoisotopic (exact) mass is 197 g/mol. The van der Waals surface area contributed by atoms with Crippen LogP contribution in [0.25, 0.3) is 0 Å². The lowest BCUT2D eigenvalue weighted by Gasteiger charge is -2.27. The van der Waals surface area contributed by atoms with Gasteiger partial charge in [-0.1, -0.05) is 19.3 Å². The fraction of sp³-hybridized carbons (Fsp3) is 1.00. The third-order valence-electron chi connectivity index (χ3n) is 3.55. The van der Waals surface area contributed by atoms with Crippen molar-refractivity contribution in [3.63, 3.8) is 0 Å². The van der Waals surface area contributed by atoms with Gasteiger partial charge in [-0.15, -0.1) is 0 Å². The van der Waals surface area contributed by atoms with Crippen molar-refractivity contribution in [1.82, 2.24) is 5.32 Å². The summed E-state index contributed by atoms with van der Waals surface area (Å²) in [6, 6.07) is 0.786. The highest BCUT2D eigenvalue weighted by Crippen LogP contribution is 2.21. The van der Waals surface area contributed by atoms with Crippen LogP contribution in [0.15, 0.2) is 0 Å². The van der Waals surface area contributed by atoms with E-state index in [-0.39, 0.29) is 0 Å². The Bertz CT molecular complexity index is 150. The predicted molar refractivity (Wildman–Crippen MR) is 58.5 cm³/mol. The van der Waals surface area contributed by atoms with Gasteiger partial charge in [-0.05, 0) is 32.1 Å². The minimum Gasteiger partial charge on any atom is -0.377 e. The standard InChI is InChI=1S/C12H23NO/c1-2-5-11(6-3-1)13-9-10-14-12-7-4-8-12/h11-13H,1-10H2. The van der Waals surface area contributed by atoms with Crippen LogP contribution in [0.2, 0.25) is 0 Å². The van der Waals surface area contributed by atoms with Crippen molar-refractivity contribution in [2.45, 2.75) is 63.5 Å². The average Bonchev–Trinajstić information content (AvgIpc) is 2.16. The number of hydrogen-bond acceptors (Lipinski definition) is 2. The van der Waals surface area contributed by atoms with E-state index in [2.05, 4.69) is 5.32 Å². The number of nitrogens with one attached hydrogen (secondary N) is 1. The molecule has 0 unspecified atom stereocenters. The van der Waals surface area contributed by atoms with Crippen molar-refractivity contribution in [2.24, 2.45) is 0 Å². The summed E-state index contributed by atoms with van der Waals surface area (Å²) in [5, 5.41) is 3.60. The Kier molecular flexibility index (Phi) is 4.26. The Balaban J connectivity index is 1.45. The number of ether oxygens (including phenoxy) is 1. The summed E-state index contributed by atoms with van der Waals surface area (Å²) in [6.07, 6.45) is 11.6. The molecule has 2 fully saturated rings. The maximum atomic E-state index is 5.71. The van der Waals surface area contributed by atoms with Gasteiger partial charge < -0.3 is 10.1 Å². The van der Waals surface area contributed by atoms with E-state index in [9.17, 15) is 0 Å². The average molecular weight is 197 g/mol. The van der Waals surface area contributed by atoms with Gasteiger partial charge >= 0.3 is 0 Å². The van der Waals surface area contributed by atoms with Crippen molar-refractivity contribution in [3.8, 4) is 0 Å². The van der Waals surface area contributed by atoms with Crippen LogP contribution in [0.3, 0.4) is 0 Å². The van der Waals surface area contributed by atoms with Gasteiger partial charge in [-0.25, -0.2) is 0 Å². The topological polar surface area (TPSA) is 21.3 Å². The first-order valence-corrected chi connectivity index (χ1v) is 6.30. The molecule has 2 aliphatic carbocycles. The van der Waals surface area contributed by atoms with E-state index in [1.165, 1.54) is 51.4 Å². The van der Waals surface area contributed by atoms with Crippen molar-refractivity contribution >= 4 is 0 Å². The van der Waals surface area contributed by atoms with Gasteiger partial charge in [0, 0.05) is 12.6 Å². The lowest BCUT2D eigenvalue weighted by Crippen LogP contribution is -2.35. The highest BCUT2D eigenvalue weighted by Gasteiger charge is 2.17. The zero-order valence-electron chi connectivity index (χ0n) is 9.13. The molecule has 2 nitrogen and oxygen atoms in total. The molecule has 2 aliphatic rings. The van der Waals surface area contributed by atoms with Gasteiger partial charge in [0.1, 0.15) is 0 Å². The van der Waals surface area contributed by atoms with Gasteiger partial charge in [0.25, 0.3) is 0 Å². The Morgan fingerprint density at radius 1 is 0.929 bits per heavy atom. The zero-order chi connectivity index (χ0) is 9.64. The van der Waals surface area contributed by atoms with Crippen LogP contribution >= 0.6 is 0 Å². The first kappa shape index (κ1) is 10.4. The SMILES string of the molecule is C1CCC(NCCOC2CCC2)CC1. The van der Waals surface area contributed by atoms with Crippen molar-refractivity contribution < 1.29 is 4.74 Å². The van der Waals surface area contributed by atoms with Crippen LogP contribution in [0, 0.1) is 0 Å². The van der Waals surface area contributed by atoms with Crippen LogP contribution in [-0.2, 0) is 4.74 Å². The van der Waals surface area contributed by atoms with E-state index in [4.69, 9.17) is 4.74 Å². The van der Waals surface area contributed by atoms with Gasteiger partial charge in [-0.2, -0.15) is 0 Å². The van der Waals surface area contributed by atoms with E-state index in [1.54, 1.807) is 0 Å². The number of rotatable bonds is 5. The molecule has 0 aliphatic heterocycles. The maximum Gasteiger partial charge on any atom is 0.0594 e. The lowest BCUT2D eigenvalue weighted by molar-refractivity contribution is 0.00319. The molecule has 0 aromatic heterocycles. The molecule has 0 saturated heterocycles. The summed E-state index contributed by atoms with van der Waals surface area (Å²) in [6.45, 7) is 1.97.